The SMILES string of the molecule is C#CC(Nc1nccc2ccc(O)cc12)C(C)C. The maximum Gasteiger partial charge on any atom is 0.134 e. The van der Waals surface area contributed by atoms with Gasteiger partial charge >= 0.3 is 0 Å². The fourth-order valence-electron chi connectivity index (χ4n) is 1.82. The molecule has 2 aromatic rings. The Morgan fingerprint density at radius 3 is 2.78 bits per heavy atom. The van der Waals surface area contributed by atoms with Crippen molar-refractivity contribution in [1.82, 2.24) is 4.98 Å². The van der Waals surface area contributed by atoms with Gasteiger partial charge in [0.25, 0.3) is 0 Å². The molecule has 0 fully saturated rings. The minimum atomic E-state index is -0.0783. The highest BCUT2D eigenvalue weighted by molar-refractivity contribution is 5.92. The summed E-state index contributed by atoms with van der Waals surface area (Å²) in [6.45, 7) is 4.11. The fraction of sp³-hybridized carbons (Fsp3) is 0.267. The van der Waals surface area contributed by atoms with Crippen LogP contribution in [0, 0.1) is 18.3 Å². The number of rotatable bonds is 3. The zero-order valence-corrected chi connectivity index (χ0v) is 10.5. The van der Waals surface area contributed by atoms with Crippen molar-refractivity contribution in [2.75, 3.05) is 5.32 Å². The molecule has 0 aliphatic heterocycles. The molecule has 0 saturated heterocycles. The second-order valence-electron chi connectivity index (χ2n) is 4.60. The second kappa shape index (κ2) is 4.97. The molecule has 92 valence electrons. The van der Waals surface area contributed by atoms with Crippen molar-refractivity contribution in [2.24, 2.45) is 5.92 Å². The largest absolute Gasteiger partial charge is 0.508 e. The monoisotopic (exact) mass is 240 g/mol. The number of hydrogen-bond donors (Lipinski definition) is 2. The van der Waals surface area contributed by atoms with Gasteiger partial charge in [0.2, 0.25) is 0 Å². The van der Waals surface area contributed by atoms with Crippen LogP contribution >= 0.6 is 0 Å². The summed E-state index contributed by atoms with van der Waals surface area (Å²) in [5.74, 6) is 3.96. The highest BCUT2D eigenvalue weighted by Crippen LogP contribution is 2.26. The van der Waals surface area contributed by atoms with E-state index in [1.807, 2.05) is 12.1 Å². The second-order valence-corrected chi connectivity index (χ2v) is 4.60. The highest BCUT2D eigenvalue weighted by Gasteiger charge is 2.12. The summed E-state index contributed by atoms with van der Waals surface area (Å²) in [7, 11) is 0. The van der Waals surface area contributed by atoms with Crippen molar-refractivity contribution in [3.05, 3.63) is 30.5 Å². The molecule has 1 atom stereocenters. The Morgan fingerprint density at radius 1 is 1.33 bits per heavy atom. The number of terminal acetylenes is 1. The van der Waals surface area contributed by atoms with E-state index in [1.165, 1.54) is 0 Å². The lowest BCUT2D eigenvalue weighted by Gasteiger charge is -2.18. The Bertz CT molecular complexity index is 599. The number of nitrogens with one attached hydrogen (secondary N) is 1. The van der Waals surface area contributed by atoms with E-state index < -0.39 is 0 Å². The van der Waals surface area contributed by atoms with Gasteiger partial charge in [-0.05, 0) is 29.5 Å². The van der Waals surface area contributed by atoms with Crippen LogP contribution in [-0.2, 0) is 0 Å². The molecule has 18 heavy (non-hydrogen) atoms. The third-order valence-electron chi connectivity index (χ3n) is 2.89. The number of phenols is 1. The Morgan fingerprint density at radius 2 is 2.11 bits per heavy atom. The smallest absolute Gasteiger partial charge is 0.134 e. The number of aromatic nitrogens is 1. The average molecular weight is 240 g/mol. The number of anilines is 1. The van der Waals surface area contributed by atoms with Crippen molar-refractivity contribution in [3.63, 3.8) is 0 Å². The number of nitrogens with zero attached hydrogens (tertiary/aromatic N) is 1. The first kappa shape index (κ1) is 12.3. The summed E-state index contributed by atoms with van der Waals surface area (Å²) in [6, 6.07) is 7.04. The van der Waals surface area contributed by atoms with Gasteiger partial charge in [-0.1, -0.05) is 25.8 Å². The van der Waals surface area contributed by atoms with Crippen molar-refractivity contribution in [1.29, 1.82) is 0 Å². The van der Waals surface area contributed by atoms with Gasteiger partial charge in [0, 0.05) is 11.6 Å². The van der Waals surface area contributed by atoms with Gasteiger partial charge in [-0.25, -0.2) is 4.98 Å². The lowest BCUT2D eigenvalue weighted by molar-refractivity contribution is 0.476. The standard InChI is InChI=1S/C15H16N2O/c1-4-14(10(2)3)17-15-13-9-12(18)6-5-11(13)7-8-16-15/h1,5-10,14,18H,2-3H3,(H,16,17). The van der Waals surface area contributed by atoms with Crippen LogP contribution in [0.2, 0.25) is 0 Å². The van der Waals surface area contributed by atoms with Crippen LogP contribution in [0.15, 0.2) is 30.5 Å². The third-order valence-corrected chi connectivity index (χ3v) is 2.89. The van der Waals surface area contributed by atoms with Crippen LogP contribution < -0.4 is 5.32 Å². The van der Waals surface area contributed by atoms with Crippen molar-refractivity contribution >= 4 is 16.6 Å². The highest BCUT2D eigenvalue weighted by atomic mass is 16.3. The first-order valence-corrected chi connectivity index (χ1v) is 5.92. The molecule has 3 heteroatoms. The van der Waals surface area contributed by atoms with Gasteiger partial charge in [-0.2, -0.15) is 0 Å². The molecule has 0 bridgehead atoms. The molecule has 1 aromatic heterocycles. The number of benzene rings is 1. The number of pyridine rings is 1. The first-order chi connectivity index (χ1) is 8.61. The summed E-state index contributed by atoms with van der Waals surface area (Å²) in [5.41, 5.74) is 0. The molecule has 0 radical (unpaired) electrons. The zero-order chi connectivity index (χ0) is 13.1. The van der Waals surface area contributed by atoms with Crippen LogP contribution in [0.5, 0.6) is 5.75 Å². The molecular weight excluding hydrogens is 224 g/mol. The van der Waals surface area contributed by atoms with E-state index in [9.17, 15) is 5.11 Å². The Hall–Kier alpha value is -2.21. The molecule has 2 N–H and O–H groups in total. The Labute approximate surface area is 107 Å². The molecular formula is C15H16N2O. The van der Waals surface area contributed by atoms with Crippen LogP contribution in [-0.4, -0.2) is 16.1 Å². The lowest BCUT2D eigenvalue weighted by atomic mass is 10.0. The summed E-state index contributed by atoms with van der Waals surface area (Å²) in [6.07, 6.45) is 7.24. The van der Waals surface area contributed by atoms with Crippen LogP contribution in [0.3, 0.4) is 0 Å². The first-order valence-electron chi connectivity index (χ1n) is 5.92. The maximum absolute atomic E-state index is 9.56. The zero-order valence-electron chi connectivity index (χ0n) is 10.5. The van der Waals surface area contributed by atoms with Crippen molar-refractivity contribution < 1.29 is 5.11 Å². The van der Waals surface area contributed by atoms with Gasteiger partial charge in [0.15, 0.2) is 0 Å². The number of hydrogen-bond acceptors (Lipinski definition) is 3. The van der Waals surface area contributed by atoms with Gasteiger partial charge in [0.1, 0.15) is 11.6 Å². The van der Waals surface area contributed by atoms with E-state index in [0.717, 1.165) is 10.8 Å². The summed E-state index contributed by atoms with van der Waals surface area (Å²) >= 11 is 0. The minimum Gasteiger partial charge on any atom is -0.508 e. The van der Waals surface area contributed by atoms with Gasteiger partial charge < -0.3 is 10.4 Å². The van der Waals surface area contributed by atoms with Crippen LogP contribution in [0.25, 0.3) is 10.8 Å². The summed E-state index contributed by atoms with van der Waals surface area (Å²) in [5, 5.41) is 14.7. The normalized spacial score (nSPS) is 12.3. The topological polar surface area (TPSA) is 45.2 Å². The third kappa shape index (κ3) is 2.38. The Balaban J connectivity index is 2.45. The van der Waals surface area contributed by atoms with Crippen LogP contribution in [0.4, 0.5) is 5.82 Å². The summed E-state index contributed by atoms with van der Waals surface area (Å²) in [4.78, 5) is 4.30. The molecule has 2 rings (SSSR count). The number of phenolic OH excluding ortho intramolecular Hbond substituents is 1. The quantitative estimate of drug-likeness (QED) is 0.811. The Kier molecular flexibility index (Phi) is 3.38. The van der Waals surface area contributed by atoms with E-state index in [0.29, 0.717) is 11.7 Å². The van der Waals surface area contributed by atoms with Crippen molar-refractivity contribution in [2.45, 2.75) is 19.9 Å². The average Bonchev–Trinajstić information content (AvgIpc) is 2.35. The van der Waals surface area contributed by atoms with Gasteiger partial charge in [0.05, 0.1) is 6.04 Å². The van der Waals surface area contributed by atoms with E-state index in [4.69, 9.17) is 6.42 Å². The predicted octanol–water partition coefficient (Wildman–Crippen LogP) is 3.01. The molecule has 1 unspecified atom stereocenters. The molecule has 0 spiro atoms. The number of fused-ring (bicyclic) bond motifs is 1. The molecule has 0 aliphatic carbocycles. The van der Waals surface area contributed by atoms with Crippen molar-refractivity contribution in [3.8, 4) is 18.1 Å². The minimum absolute atomic E-state index is 0.0783. The molecule has 3 nitrogen and oxygen atoms in total. The van der Waals surface area contributed by atoms with E-state index in [2.05, 4.69) is 30.1 Å². The molecule has 1 aromatic carbocycles. The number of aromatic hydroxyl groups is 1. The molecule has 0 amide bonds. The maximum atomic E-state index is 9.56. The molecule has 0 saturated carbocycles. The van der Waals surface area contributed by atoms with Gasteiger partial charge in [-0.15, -0.1) is 6.42 Å². The predicted molar refractivity (Wildman–Crippen MR) is 74.5 cm³/mol. The van der Waals surface area contributed by atoms with Crippen LogP contribution in [0.1, 0.15) is 13.8 Å². The van der Waals surface area contributed by atoms with E-state index in [1.54, 1.807) is 18.3 Å². The lowest BCUT2D eigenvalue weighted by Crippen LogP contribution is -2.24. The van der Waals surface area contributed by atoms with E-state index >= 15 is 0 Å². The summed E-state index contributed by atoms with van der Waals surface area (Å²) < 4.78 is 0. The van der Waals surface area contributed by atoms with Gasteiger partial charge in [-0.3, -0.25) is 0 Å². The fourth-order valence-corrected chi connectivity index (χ4v) is 1.82. The van der Waals surface area contributed by atoms with E-state index in [-0.39, 0.29) is 11.8 Å². The molecule has 0 aliphatic rings. The molecule has 1 heterocycles.